The summed E-state index contributed by atoms with van der Waals surface area (Å²) in [5.41, 5.74) is 1.84. The zero-order valence-electron chi connectivity index (χ0n) is 11.3. The third-order valence-electron chi connectivity index (χ3n) is 2.95. The zero-order chi connectivity index (χ0) is 15.4. The molecule has 0 aromatic carbocycles. The van der Waals surface area contributed by atoms with E-state index < -0.39 is 5.78 Å². The van der Waals surface area contributed by atoms with Crippen molar-refractivity contribution in [3.63, 3.8) is 0 Å². The molecule has 0 atom stereocenters. The SMILES string of the molecule is O=C(C=C(O)c1nn[nH]n1)c1cocc1Cc1ccccn1. The van der Waals surface area contributed by atoms with E-state index in [9.17, 15) is 9.90 Å². The second-order valence-electron chi connectivity index (χ2n) is 4.44. The van der Waals surface area contributed by atoms with Crippen LogP contribution in [0.5, 0.6) is 0 Å². The van der Waals surface area contributed by atoms with Crippen LogP contribution in [0.25, 0.3) is 5.76 Å². The molecule has 0 unspecified atom stereocenters. The maximum absolute atomic E-state index is 12.2. The van der Waals surface area contributed by atoms with Crippen molar-refractivity contribution in [2.24, 2.45) is 0 Å². The summed E-state index contributed by atoms with van der Waals surface area (Å²) in [6.07, 6.45) is 5.98. The number of H-pyrrole nitrogens is 1. The molecular formula is C14H11N5O3. The number of tetrazole rings is 1. The predicted octanol–water partition coefficient (Wildman–Crippen LogP) is 1.56. The third kappa shape index (κ3) is 2.90. The normalized spacial score (nSPS) is 11.5. The van der Waals surface area contributed by atoms with Crippen LogP contribution >= 0.6 is 0 Å². The summed E-state index contributed by atoms with van der Waals surface area (Å²) >= 11 is 0. The topological polar surface area (TPSA) is 118 Å². The molecule has 110 valence electrons. The van der Waals surface area contributed by atoms with Crippen LogP contribution in [0.15, 0.2) is 47.4 Å². The van der Waals surface area contributed by atoms with Crippen molar-refractivity contribution < 1.29 is 14.3 Å². The Morgan fingerprint density at radius 2 is 2.27 bits per heavy atom. The van der Waals surface area contributed by atoms with Crippen LogP contribution in [0.2, 0.25) is 0 Å². The van der Waals surface area contributed by atoms with Crippen molar-refractivity contribution in [3.05, 3.63) is 65.6 Å². The molecule has 8 nitrogen and oxygen atoms in total. The first-order valence-corrected chi connectivity index (χ1v) is 6.38. The van der Waals surface area contributed by atoms with Gasteiger partial charge in [-0.3, -0.25) is 9.78 Å². The number of rotatable bonds is 5. The first-order chi connectivity index (χ1) is 10.7. The number of aromatic nitrogens is 5. The maximum Gasteiger partial charge on any atom is 0.239 e. The number of furan rings is 1. The quantitative estimate of drug-likeness (QED) is 0.417. The van der Waals surface area contributed by atoms with Gasteiger partial charge in [0, 0.05) is 30.0 Å². The second kappa shape index (κ2) is 6.00. The Morgan fingerprint density at radius 1 is 1.36 bits per heavy atom. The van der Waals surface area contributed by atoms with Crippen molar-refractivity contribution in [1.29, 1.82) is 0 Å². The first kappa shape index (κ1) is 13.7. The van der Waals surface area contributed by atoms with Gasteiger partial charge in [0.1, 0.15) is 6.26 Å². The van der Waals surface area contributed by atoms with Crippen LogP contribution in [-0.4, -0.2) is 36.5 Å². The van der Waals surface area contributed by atoms with Gasteiger partial charge in [-0.2, -0.15) is 5.21 Å². The number of allylic oxidation sites excluding steroid dienone is 1. The van der Waals surface area contributed by atoms with E-state index in [1.165, 1.54) is 12.5 Å². The van der Waals surface area contributed by atoms with Crippen molar-refractivity contribution in [3.8, 4) is 0 Å². The van der Waals surface area contributed by atoms with Gasteiger partial charge in [-0.15, -0.1) is 10.2 Å². The van der Waals surface area contributed by atoms with Gasteiger partial charge in [-0.05, 0) is 17.3 Å². The molecule has 8 heteroatoms. The smallest absolute Gasteiger partial charge is 0.239 e. The summed E-state index contributed by atoms with van der Waals surface area (Å²) in [5, 5.41) is 22.5. The molecule has 0 saturated heterocycles. The number of nitrogens with zero attached hydrogens (tertiary/aromatic N) is 4. The van der Waals surface area contributed by atoms with Gasteiger partial charge in [0.05, 0.1) is 11.8 Å². The molecule has 3 aromatic heterocycles. The number of aromatic amines is 1. The molecule has 0 aliphatic heterocycles. The lowest BCUT2D eigenvalue weighted by atomic mass is 10.0. The van der Waals surface area contributed by atoms with E-state index in [0.717, 1.165) is 11.8 Å². The lowest BCUT2D eigenvalue weighted by Gasteiger charge is -2.00. The average Bonchev–Trinajstić information content (AvgIpc) is 3.19. The van der Waals surface area contributed by atoms with E-state index in [1.54, 1.807) is 6.20 Å². The largest absolute Gasteiger partial charge is 0.504 e. The molecule has 0 saturated carbocycles. The summed E-state index contributed by atoms with van der Waals surface area (Å²) in [4.78, 5) is 16.4. The van der Waals surface area contributed by atoms with Crippen LogP contribution in [0, 0.1) is 0 Å². The van der Waals surface area contributed by atoms with Crippen LogP contribution < -0.4 is 0 Å². The molecule has 0 fully saturated rings. The Labute approximate surface area is 124 Å². The van der Waals surface area contributed by atoms with Crippen LogP contribution in [-0.2, 0) is 6.42 Å². The highest BCUT2D eigenvalue weighted by atomic mass is 16.3. The number of hydrogen-bond donors (Lipinski definition) is 2. The van der Waals surface area contributed by atoms with E-state index in [-0.39, 0.29) is 11.6 Å². The van der Waals surface area contributed by atoms with Gasteiger partial charge in [0.2, 0.25) is 5.82 Å². The van der Waals surface area contributed by atoms with Gasteiger partial charge in [0.15, 0.2) is 11.5 Å². The molecular weight excluding hydrogens is 286 g/mol. The number of pyridine rings is 1. The van der Waals surface area contributed by atoms with Gasteiger partial charge >= 0.3 is 0 Å². The Kier molecular flexibility index (Phi) is 3.73. The number of hydrogen-bond acceptors (Lipinski definition) is 7. The van der Waals surface area contributed by atoms with Gasteiger partial charge in [-0.25, -0.2) is 0 Å². The molecule has 22 heavy (non-hydrogen) atoms. The fourth-order valence-electron chi connectivity index (χ4n) is 1.91. The van der Waals surface area contributed by atoms with Crippen molar-refractivity contribution in [2.45, 2.75) is 6.42 Å². The van der Waals surface area contributed by atoms with Gasteiger partial charge in [-0.1, -0.05) is 6.07 Å². The van der Waals surface area contributed by atoms with Crippen LogP contribution in [0.3, 0.4) is 0 Å². The first-order valence-electron chi connectivity index (χ1n) is 6.38. The standard InChI is InChI=1S/C14H11N5O3/c20-12(6-13(21)14-16-18-19-17-14)11-8-22-7-9(11)5-10-3-1-2-4-15-10/h1-4,6-8,21H,5H2,(H,16,17,18,19). The van der Waals surface area contributed by atoms with Gasteiger partial charge in [0.25, 0.3) is 0 Å². The Balaban J connectivity index is 1.82. The van der Waals surface area contributed by atoms with Crippen molar-refractivity contribution in [1.82, 2.24) is 25.6 Å². The highest BCUT2D eigenvalue weighted by Gasteiger charge is 2.15. The van der Waals surface area contributed by atoms with Gasteiger partial charge < -0.3 is 9.52 Å². The molecule has 2 N–H and O–H groups in total. The number of carbonyl (C=O) groups is 1. The highest BCUT2D eigenvalue weighted by Crippen LogP contribution is 2.17. The molecule has 0 bridgehead atoms. The maximum atomic E-state index is 12.2. The van der Waals surface area contributed by atoms with E-state index in [1.807, 2.05) is 18.2 Å². The van der Waals surface area contributed by atoms with E-state index in [2.05, 4.69) is 25.6 Å². The summed E-state index contributed by atoms with van der Waals surface area (Å²) in [6, 6.07) is 5.54. The number of carbonyl (C=O) groups excluding carboxylic acids is 1. The lowest BCUT2D eigenvalue weighted by Crippen LogP contribution is -2.01. The third-order valence-corrected chi connectivity index (χ3v) is 2.95. The number of aliphatic hydroxyl groups is 1. The fourth-order valence-corrected chi connectivity index (χ4v) is 1.91. The summed E-state index contributed by atoms with van der Waals surface area (Å²) in [5.74, 6) is -0.839. The average molecular weight is 297 g/mol. The van der Waals surface area contributed by atoms with E-state index in [4.69, 9.17) is 4.42 Å². The van der Waals surface area contributed by atoms with Crippen molar-refractivity contribution >= 4 is 11.5 Å². The molecule has 0 amide bonds. The summed E-state index contributed by atoms with van der Waals surface area (Å²) in [7, 11) is 0. The molecule has 0 spiro atoms. The van der Waals surface area contributed by atoms with Crippen molar-refractivity contribution in [2.75, 3.05) is 0 Å². The Hall–Kier alpha value is -3.29. The highest BCUT2D eigenvalue weighted by molar-refractivity contribution is 6.08. The molecule has 3 heterocycles. The molecule has 0 radical (unpaired) electrons. The minimum atomic E-state index is -0.415. The number of ketones is 1. The predicted molar refractivity (Wildman–Crippen MR) is 74.9 cm³/mol. The zero-order valence-corrected chi connectivity index (χ0v) is 11.3. The lowest BCUT2D eigenvalue weighted by molar-refractivity contribution is 0.104. The minimum Gasteiger partial charge on any atom is -0.504 e. The molecule has 0 aliphatic carbocycles. The number of nitrogens with one attached hydrogen (secondary N) is 1. The second-order valence-corrected chi connectivity index (χ2v) is 4.44. The summed E-state index contributed by atoms with van der Waals surface area (Å²) in [6.45, 7) is 0. The number of aliphatic hydroxyl groups excluding tert-OH is 1. The van der Waals surface area contributed by atoms with E-state index >= 15 is 0 Å². The van der Waals surface area contributed by atoms with Crippen LogP contribution in [0.4, 0.5) is 0 Å². The van der Waals surface area contributed by atoms with E-state index in [0.29, 0.717) is 17.5 Å². The molecule has 0 aliphatic rings. The summed E-state index contributed by atoms with van der Waals surface area (Å²) < 4.78 is 5.10. The molecule has 3 rings (SSSR count). The van der Waals surface area contributed by atoms with Crippen LogP contribution in [0.1, 0.15) is 27.4 Å². The monoisotopic (exact) mass is 297 g/mol. The Bertz CT molecular complexity index is 793. The molecule has 3 aromatic rings. The minimum absolute atomic E-state index is 0.0527. The Morgan fingerprint density at radius 3 is 3.00 bits per heavy atom. The fraction of sp³-hybridized carbons (Fsp3) is 0.0714.